The lowest BCUT2D eigenvalue weighted by Gasteiger charge is -2.26. The molecule has 0 spiro atoms. The molecule has 0 aliphatic carbocycles. The number of benzene rings is 8. The molecule has 0 N–H and O–H groups in total. The van der Waals surface area contributed by atoms with E-state index in [0.29, 0.717) is 0 Å². The molecule has 2 aromatic heterocycles. The number of aromatic nitrogens is 1. The second-order valence-corrected chi connectivity index (χ2v) is 14.8. The molecule has 0 atom stereocenters. The first kappa shape index (κ1) is 31.9. The highest BCUT2D eigenvalue weighted by atomic mass is 32.1. The van der Waals surface area contributed by atoms with E-state index in [1.54, 1.807) is 11.3 Å². The van der Waals surface area contributed by atoms with Crippen LogP contribution in [0.2, 0.25) is 0 Å². The van der Waals surface area contributed by atoms with Crippen LogP contribution in [0, 0.1) is 0 Å². The Morgan fingerprint density at radius 2 is 0.741 bits per heavy atom. The quantitative estimate of drug-likeness (QED) is 0.164. The smallest absolute Gasteiger partial charge is 0.0532 e. The van der Waals surface area contributed by atoms with Gasteiger partial charge in [0.25, 0.3) is 0 Å². The molecule has 0 bridgehead atoms. The number of anilines is 3. The molecule has 0 amide bonds. The standard InChI is InChI=1S/C51H34N2S/c1-3-7-42-31-44(15-13-35(42)5-1)39-11-9-37(10-12-39)38-17-23-47(24-18-38)53(49-27-21-41(22-28-49)50-33-46-29-30-52-34-51(46)54-50)48-25-19-40(20-26-48)45-16-14-36-6-2-4-8-43(36)32-45/h1-34H. The fourth-order valence-electron chi connectivity index (χ4n) is 7.45. The zero-order valence-electron chi connectivity index (χ0n) is 29.4. The van der Waals surface area contributed by atoms with Gasteiger partial charge in [-0.25, -0.2) is 0 Å². The lowest BCUT2D eigenvalue weighted by molar-refractivity contribution is 1.28. The third-order valence-electron chi connectivity index (χ3n) is 10.4. The molecule has 0 aliphatic rings. The van der Waals surface area contributed by atoms with Crippen molar-refractivity contribution >= 4 is 60.0 Å². The second kappa shape index (κ2) is 13.6. The molecule has 0 aliphatic heterocycles. The number of thiophene rings is 1. The van der Waals surface area contributed by atoms with Gasteiger partial charge in [-0.3, -0.25) is 4.98 Å². The van der Waals surface area contributed by atoms with Crippen LogP contribution in [0.5, 0.6) is 0 Å². The fraction of sp³-hybridized carbons (Fsp3) is 0. The van der Waals surface area contributed by atoms with Crippen molar-refractivity contribution in [3.8, 4) is 43.8 Å². The van der Waals surface area contributed by atoms with E-state index in [-0.39, 0.29) is 0 Å². The molecule has 10 aromatic rings. The van der Waals surface area contributed by atoms with Gasteiger partial charge in [0.1, 0.15) is 0 Å². The largest absolute Gasteiger partial charge is 0.311 e. The van der Waals surface area contributed by atoms with Crippen molar-refractivity contribution in [1.29, 1.82) is 0 Å². The normalized spacial score (nSPS) is 11.3. The Balaban J connectivity index is 0.975. The molecule has 0 saturated heterocycles. The molecule has 254 valence electrons. The van der Waals surface area contributed by atoms with Crippen LogP contribution in [0.25, 0.3) is 75.5 Å². The van der Waals surface area contributed by atoms with Gasteiger partial charge in [0.15, 0.2) is 0 Å². The fourth-order valence-corrected chi connectivity index (χ4v) is 8.48. The molecule has 0 saturated carbocycles. The van der Waals surface area contributed by atoms with E-state index in [9.17, 15) is 0 Å². The maximum absolute atomic E-state index is 4.32. The molecule has 0 radical (unpaired) electrons. The van der Waals surface area contributed by atoms with Crippen molar-refractivity contribution in [2.45, 2.75) is 0 Å². The van der Waals surface area contributed by atoms with Crippen LogP contribution >= 0.6 is 11.3 Å². The summed E-state index contributed by atoms with van der Waals surface area (Å²) in [5.41, 5.74) is 11.8. The number of nitrogens with zero attached hydrogens (tertiary/aromatic N) is 2. The van der Waals surface area contributed by atoms with Gasteiger partial charge in [-0.2, -0.15) is 0 Å². The molecule has 2 heterocycles. The molecule has 54 heavy (non-hydrogen) atoms. The minimum Gasteiger partial charge on any atom is -0.311 e. The summed E-state index contributed by atoms with van der Waals surface area (Å²) in [6, 6.07) is 70.5. The van der Waals surface area contributed by atoms with Gasteiger partial charge in [-0.1, -0.05) is 133 Å². The Kier molecular flexibility index (Phi) is 8.05. The monoisotopic (exact) mass is 706 g/mol. The van der Waals surface area contributed by atoms with Crippen LogP contribution in [0.15, 0.2) is 207 Å². The highest BCUT2D eigenvalue weighted by Gasteiger charge is 2.15. The number of fused-ring (bicyclic) bond motifs is 3. The van der Waals surface area contributed by atoms with E-state index < -0.39 is 0 Å². The van der Waals surface area contributed by atoms with Crippen LogP contribution in [0.4, 0.5) is 17.1 Å². The van der Waals surface area contributed by atoms with Crippen molar-refractivity contribution in [3.05, 3.63) is 207 Å². The first-order chi connectivity index (χ1) is 26.7. The molecular formula is C51H34N2S. The van der Waals surface area contributed by atoms with E-state index in [2.05, 4.69) is 204 Å². The van der Waals surface area contributed by atoms with Crippen LogP contribution in [0.3, 0.4) is 0 Å². The first-order valence-corrected chi connectivity index (χ1v) is 19.1. The number of pyridine rings is 1. The maximum atomic E-state index is 4.32. The Hall–Kier alpha value is -6.81. The molecular weight excluding hydrogens is 673 g/mol. The summed E-state index contributed by atoms with van der Waals surface area (Å²) in [5.74, 6) is 0. The van der Waals surface area contributed by atoms with Gasteiger partial charge in [0, 0.05) is 34.3 Å². The number of rotatable bonds is 7. The summed E-state index contributed by atoms with van der Waals surface area (Å²) in [7, 11) is 0. The SMILES string of the molecule is c1ccc2cc(-c3ccc(-c4ccc(N(c5ccc(-c6ccc7ccccc7c6)cc5)c5ccc(-c6cc7ccncc7s6)cc5)cc4)cc3)ccc2c1. The summed E-state index contributed by atoms with van der Waals surface area (Å²) >= 11 is 1.78. The van der Waals surface area contributed by atoms with Crippen molar-refractivity contribution in [1.82, 2.24) is 4.98 Å². The van der Waals surface area contributed by atoms with E-state index in [0.717, 1.165) is 17.1 Å². The van der Waals surface area contributed by atoms with Gasteiger partial charge in [0.2, 0.25) is 0 Å². The average Bonchev–Trinajstić information content (AvgIpc) is 3.69. The minimum atomic E-state index is 1.10. The van der Waals surface area contributed by atoms with Crippen molar-refractivity contribution < 1.29 is 0 Å². The highest BCUT2D eigenvalue weighted by Crippen LogP contribution is 2.40. The third-order valence-corrected chi connectivity index (χ3v) is 11.5. The van der Waals surface area contributed by atoms with E-state index in [4.69, 9.17) is 0 Å². The lowest BCUT2D eigenvalue weighted by Crippen LogP contribution is -2.09. The molecule has 2 nitrogen and oxygen atoms in total. The average molecular weight is 707 g/mol. The molecule has 8 aromatic carbocycles. The number of hydrogen-bond donors (Lipinski definition) is 0. The summed E-state index contributed by atoms with van der Waals surface area (Å²) in [4.78, 5) is 7.90. The molecule has 10 rings (SSSR count). The predicted molar refractivity (Wildman–Crippen MR) is 231 cm³/mol. The zero-order valence-corrected chi connectivity index (χ0v) is 30.2. The van der Waals surface area contributed by atoms with Crippen LogP contribution in [0.1, 0.15) is 0 Å². The van der Waals surface area contributed by atoms with Gasteiger partial charge in [-0.05, 0) is 127 Å². The summed E-state index contributed by atoms with van der Waals surface area (Å²) in [5, 5.41) is 6.25. The molecule has 3 heteroatoms. The Bertz CT molecular complexity index is 2870. The number of hydrogen-bond acceptors (Lipinski definition) is 3. The second-order valence-electron chi connectivity index (χ2n) is 13.7. The van der Waals surface area contributed by atoms with Gasteiger partial charge < -0.3 is 4.90 Å². The van der Waals surface area contributed by atoms with Crippen molar-refractivity contribution in [2.24, 2.45) is 0 Å². The van der Waals surface area contributed by atoms with Crippen molar-refractivity contribution in [3.63, 3.8) is 0 Å². The highest BCUT2D eigenvalue weighted by molar-refractivity contribution is 7.22. The molecule has 0 unspecified atom stereocenters. The zero-order chi connectivity index (χ0) is 35.8. The first-order valence-electron chi connectivity index (χ1n) is 18.2. The van der Waals surface area contributed by atoms with E-state index in [1.807, 2.05) is 12.4 Å². The van der Waals surface area contributed by atoms with Gasteiger partial charge in [-0.15, -0.1) is 11.3 Å². The summed E-state index contributed by atoms with van der Waals surface area (Å²) in [6.45, 7) is 0. The van der Waals surface area contributed by atoms with Gasteiger partial charge in [0.05, 0.1) is 4.70 Å². The maximum Gasteiger partial charge on any atom is 0.0532 e. The third kappa shape index (κ3) is 6.11. The van der Waals surface area contributed by atoms with E-state index in [1.165, 1.54) is 75.5 Å². The van der Waals surface area contributed by atoms with E-state index >= 15 is 0 Å². The van der Waals surface area contributed by atoms with Crippen molar-refractivity contribution in [2.75, 3.05) is 4.90 Å². The van der Waals surface area contributed by atoms with Crippen LogP contribution < -0.4 is 4.90 Å². The Morgan fingerprint density at radius 3 is 1.22 bits per heavy atom. The van der Waals surface area contributed by atoms with Gasteiger partial charge >= 0.3 is 0 Å². The minimum absolute atomic E-state index is 1.10. The summed E-state index contributed by atoms with van der Waals surface area (Å²) in [6.07, 6.45) is 3.81. The summed E-state index contributed by atoms with van der Waals surface area (Å²) < 4.78 is 1.20. The Morgan fingerprint density at radius 1 is 0.333 bits per heavy atom. The lowest BCUT2D eigenvalue weighted by atomic mass is 9.98. The van der Waals surface area contributed by atoms with Crippen LogP contribution in [-0.2, 0) is 0 Å². The topological polar surface area (TPSA) is 16.1 Å². The molecule has 0 fully saturated rings. The predicted octanol–water partition coefficient (Wildman–Crippen LogP) is 14.7. The van der Waals surface area contributed by atoms with Crippen LogP contribution in [-0.4, -0.2) is 4.98 Å². The Labute approximate surface area is 318 Å².